The van der Waals surface area contributed by atoms with Crippen LogP contribution < -0.4 is 10.2 Å². The highest BCUT2D eigenvalue weighted by atomic mass is 16.5. The number of H-pyrrole nitrogens is 1. The van der Waals surface area contributed by atoms with Crippen LogP contribution in [-0.2, 0) is 9.53 Å². The lowest BCUT2D eigenvalue weighted by Crippen LogP contribution is -2.42. The van der Waals surface area contributed by atoms with E-state index < -0.39 is 0 Å². The van der Waals surface area contributed by atoms with Crippen LogP contribution in [0.4, 0.5) is 11.6 Å². The van der Waals surface area contributed by atoms with Gasteiger partial charge in [0.2, 0.25) is 5.91 Å². The van der Waals surface area contributed by atoms with E-state index in [-0.39, 0.29) is 12.5 Å². The summed E-state index contributed by atoms with van der Waals surface area (Å²) in [5.41, 5.74) is 2.09. The molecule has 0 bridgehead atoms. The molecule has 132 valence electrons. The van der Waals surface area contributed by atoms with E-state index in [1.165, 1.54) is 6.33 Å². The van der Waals surface area contributed by atoms with Crippen LogP contribution in [0.3, 0.4) is 0 Å². The summed E-state index contributed by atoms with van der Waals surface area (Å²) >= 11 is 0. The van der Waals surface area contributed by atoms with Crippen LogP contribution in [0.2, 0.25) is 0 Å². The number of hydrogen-bond acceptors (Lipinski definition) is 8. The Bertz CT molecular complexity index is 911. The van der Waals surface area contributed by atoms with E-state index in [4.69, 9.17) is 4.74 Å². The molecule has 1 aliphatic rings. The predicted molar refractivity (Wildman–Crippen MR) is 93.4 cm³/mol. The van der Waals surface area contributed by atoms with Gasteiger partial charge in [0.15, 0.2) is 17.5 Å². The van der Waals surface area contributed by atoms with Crippen LogP contribution >= 0.6 is 0 Å². The number of anilines is 2. The summed E-state index contributed by atoms with van der Waals surface area (Å²) in [6.45, 7) is 1.04. The summed E-state index contributed by atoms with van der Waals surface area (Å²) < 4.78 is 5.08. The monoisotopic (exact) mass is 352 g/mol. The van der Waals surface area contributed by atoms with Crippen LogP contribution in [-0.4, -0.2) is 62.8 Å². The van der Waals surface area contributed by atoms with Gasteiger partial charge in [-0.25, -0.2) is 15.0 Å². The van der Waals surface area contributed by atoms with Gasteiger partial charge < -0.3 is 10.1 Å². The molecule has 4 rings (SSSR count). The first-order chi connectivity index (χ1) is 12.8. The average molecular weight is 352 g/mol. The molecule has 10 heteroatoms. The number of rotatable bonds is 5. The number of nitrogens with zero attached hydrogens (tertiary/aromatic N) is 6. The third-order valence-corrected chi connectivity index (χ3v) is 3.95. The molecule has 0 radical (unpaired) electrons. The number of nitrogens with one attached hydrogen (secondary N) is 2. The number of carbonyl (C=O) groups excluding carboxylic acids is 1. The van der Waals surface area contributed by atoms with Crippen molar-refractivity contribution < 1.29 is 9.53 Å². The standard InChI is InChI=1S/C16H16N8O2/c1-26-5-4-24-13(25)8-19-15-16(24)22-12(7-18-15)10-2-3-11(17-6-10)14-20-9-21-23-14/h2-3,6-7,9H,4-5,8H2,1H3,(H,18,19)(H,20,21,23). The zero-order chi connectivity index (χ0) is 17.9. The third kappa shape index (κ3) is 2.97. The molecule has 3 aromatic heterocycles. The Labute approximate surface area is 148 Å². The lowest BCUT2D eigenvalue weighted by Gasteiger charge is -2.28. The minimum absolute atomic E-state index is 0.0696. The molecule has 0 saturated carbocycles. The van der Waals surface area contributed by atoms with Gasteiger partial charge in [-0.15, -0.1) is 0 Å². The van der Waals surface area contributed by atoms with Gasteiger partial charge in [-0.1, -0.05) is 0 Å². The summed E-state index contributed by atoms with van der Waals surface area (Å²) in [7, 11) is 1.59. The fourth-order valence-corrected chi connectivity index (χ4v) is 2.63. The van der Waals surface area contributed by atoms with Gasteiger partial charge >= 0.3 is 0 Å². The van der Waals surface area contributed by atoms with E-state index in [0.717, 1.165) is 5.56 Å². The summed E-state index contributed by atoms with van der Waals surface area (Å²) in [5.74, 6) is 1.60. The minimum atomic E-state index is -0.0696. The number of hydrogen-bond donors (Lipinski definition) is 2. The lowest BCUT2D eigenvalue weighted by atomic mass is 10.2. The normalized spacial score (nSPS) is 13.4. The van der Waals surface area contributed by atoms with Crippen LogP contribution in [0.25, 0.3) is 22.8 Å². The summed E-state index contributed by atoms with van der Waals surface area (Å²) in [6, 6.07) is 3.70. The molecule has 2 N–H and O–H groups in total. The van der Waals surface area contributed by atoms with E-state index in [9.17, 15) is 4.79 Å². The molecule has 0 atom stereocenters. The molecule has 1 aliphatic heterocycles. The molecule has 4 heterocycles. The van der Waals surface area contributed by atoms with Crippen molar-refractivity contribution in [1.29, 1.82) is 0 Å². The molecule has 10 nitrogen and oxygen atoms in total. The number of aromatic nitrogens is 6. The number of carbonyl (C=O) groups is 1. The fourth-order valence-electron chi connectivity index (χ4n) is 2.63. The topological polar surface area (TPSA) is 122 Å². The van der Waals surface area contributed by atoms with E-state index >= 15 is 0 Å². The van der Waals surface area contributed by atoms with E-state index in [1.54, 1.807) is 24.4 Å². The average Bonchev–Trinajstić information content (AvgIpc) is 3.22. The van der Waals surface area contributed by atoms with Crippen molar-refractivity contribution in [3.63, 3.8) is 0 Å². The molecule has 0 fully saturated rings. The molecule has 26 heavy (non-hydrogen) atoms. The van der Waals surface area contributed by atoms with Gasteiger partial charge in [0.25, 0.3) is 0 Å². The maximum absolute atomic E-state index is 12.2. The first kappa shape index (κ1) is 16.1. The van der Waals surface area contributed by atoms with Crippen molar-refractivity contribution in [2.75, 3.05) is 37.0 Å². The summed E-state index contributed by atoms with van der Waals surface area (Å²) in [5, 5.41) is 9.57. The Morgan fingerprint density at radius 3 is 2.85 bits per heavy atom. The SMILES string of the molecule is COCCN1C(=O)CNc2ncc(-c3ccc(-c4ncn[nH]4)nc3)nc21. The second-order valence-electron chi connectivity index (χ2n) is 5.59. The van der Waals surface area contributed by atoms with Crippen LogP contribution in [0, 0.1) is 0 Å². The van der Waals surface area contributed by atoms with Crippen molar-refractivity contribution >= 4 is 17.5 Å². The molecule has 3 aromatic rings. The number of pyridine rings is 1. The van der Waals surface area contributed by atoms with Crippen molar-refractivity contribution in [2.24, 2.45) is 0 Å². The molecular weight excluding hydrogens is 336 g/mol. The van der Waals surface area contributed by atoms with Gasteiger partial charge in [-0.2, -0.15) is 5.10 Å². The smallest absolute Gasteiger partial charge is 0.247 e. The van der Waals surface area contributed by atoms with Gasteiger partial charge in [-0.05, 0) is 12.1 Å². The quantitative estimate of drug-likeness (QED) is 0.689. The number of methoxy groups -OCH3 is 1. The molecular formula is C16H16N8O2. The highest BCUT2D eigenvalue weighted by molar-refractivity contribution is 6.00. The Hall–Kier alpha value is -3.40. The molecule has 0 unspecified atom stereocenters. The summed E-state index contributed by atoms with van der Waals surface area (Å²) in [4.78, 5) is 31.2. The highest BCUT2D eigenvalue weighted by Gasteiger charge is 2.26. The number of amides is 1. The second kappa shape index (κ2) is 6.84. The predicted octanol–water partition coefficient (Wildman–Crippen LogP) is 0.729. The van der Waals surface area contributed by atoms with E-state index in [1.807, 2.05) is 12.1 Å². The number of ether oxygens (including phenoxy) is 1. The Balaban J connectivity index is 1.66. The zero-order valence-electron chi connectivity index (χ0n) is 14.0. The van der Waals surface area contributed by atoms with Crippen molar-refractivity contribution in [2.45, 2.75) is 0 Å². The molecule has 0 saturated heterocycles. The Kier molecular flexibility index (Phi) is 4.23. The first-order valence-corrected chi connectivity index (χ1v) is 7.98. The molecule has 1 amide bonds. The van der Waals surface area contributed by atoms with Gasteiger partial charge in [0, 0.05) is 18.9 Å². The van der Waals surface area contributed by atoms with E-state index in [0.29, 0.717) is 42.0 Å². The number of fused-ring (bicyclic) bond motifs is 1. The summed E-state index contributed by atoms with van der Waals surface area (Å²) in [6.07, 6.45) is 4.77. The Morgan fingerprint density at radius 1 is 1.19 bits per heavy atom. The Morgan fingerprint density at radius 2 is 2.12 bits per heavy atom. The van der Waals surface area contributed by atoms with Crippen molar-refractivity contribution in [3.05, 3.63) is 30.9 Å². The molecule has 0 spiro atoms. The first-order valence-electron chi connectivity index (χ1n) is 7.98. The van der Waals surface area contributed by atoms with Crippen molar-refractivity contribution in [3.8, 4) is 22.8 Å². The number of aromatic amines is 1. The lowest BCUT2D eigenvalue weighted by molar-refractivity contribution is -0.117. The fraction of sp³-hybridized carbons (Fsp3) is 0.250. The largest absolute Gasteiger partial charge is 0.383 e. The van der Waals surface area contributed by atoms with E-state index in [2.05, 4.69) is 35.5 Å². The maximum atomic E-state index is 12.2. The van der Waals surface area contributed by atoms with Gasteiger partial charge in [0.1, 0.15) is 12.0 Å². The van der Waals surface area contributed by atoms with Gasteiger partial charge in [0.05, 0.1) is 31.6 Å². The minimum Gasteiger partial charge on any atom is -0.383 e. The molecule has 0 aliphatic carbocycles. The van der Waals surface area contributed by atoms with Crippen LogP contribution in [0.1, 0.15) is 0 Å². The van der Waals surface area contributed by atoms with Crippen LogP contribution in [0.15, 0.2) is 30.9 Å². The highest BCUT2D eigenvalue weighted by Crippen LogP contribution is 2.28. The van der Waals surface area contributed by atoms with Gasteiger partial charge in [-0.3, -0.25) is 19.8 Å². The molecule has 0 aromatic carbocycles. The second-order valence-corrected chi connectivity index (χ2v) is 5.59. The van der Waals surface area contributed by atoms with Crippen molar-refractivity contribution in [1.82, 2.24) is 30.1 Å². The third-order valence-electron chi connectivity index (χ3n) is 3.95. The van der Waals surface area contributed by atoms with Crippen LogP contribution in [0.5, 0.6) is 0 Å². The maximum Gasteiger partial charge on any atom is 0.247 e. The zero-order valence-corrected chi connectivity index (χ0v) is 14.0.